The van der Waals surface area contributed by atoms with Crippen molar-refractivity contribution in [3.8, 4) is 0 Å². The van der Waals surface area contributed by atoms with E-state index in [4.69, 9.17) is 21.6 Å². The van der Waals surface area contributed by atoms with Crippen molar-refractivity contribution < 1.29 is 33.2 Å². The lowest BCUT2D eigenvalue weighted by atomic mass is 9.96. The largest absolute Gasteiger partial charge is 0.459 e. The monoisotopic (exact) mass is 663 g/mol. The fraction of sp³-hybridized carbons (Fsp3) is 0.645. The first-order valence-corrected chi connectivity index (χ1v) is 15.9. The predicted octanol–water partition coefficient (Wildman–Crippen LogP) is -0.374. The van der Waals surface area contributed by atoms with E-state index in [1.165, 1.54) is 12.3 Å². The van der Waals surface area contributed by atoms with Crippen LogP contribution in [0.3, 0.4) is 0 Å². The van der Waals surface area contributed by atoms with Gasteiger partial charge in [0.25, 0.3) is 5.91 Å². The summed E-state index contributed by atoms with van der Waals surface area (Å²) in [6.07, 6.45) is 2.92. The van der Waals surface area contributed by atoms with Gasteiger partial charge in [-0.1, -0.05) is 48.0 Å². The topological polar surface area (TPSA) is 266 Å². The van der Waals surface area contributed by atoms with E-state index in [2.05, 4.69) is 31.6 Å². The molecular weight excluding hydrogens is 610 g/mol. The number of carbonyl (C=O) groups is 6. The molecule has 16 nitrogen and oxygen atoms in total. The molecule has 1 rings (SSSR count). The minimum absolute atomic E-state index is 0.0375. The molecule has 0 spiro atoms. The van der Waals surface area contributed by atoms with Crippen molar-refractivity contribution in [1.82, 2.24) is 26.6 Å². The molecule has 6 amide bonds. The standard InChI is InChI=1S/C31H53N9O7/c1-7-19(6)25(40-28(44)22(15-18(4)5)39-29(45)23-11-9-13-47-23)30(46)36-16-24(41)37-20(10-8-12-35-31(33)34)27(43)38-21(26(32)42)14-17(2)3/h9,11,13,17-22,25H,7-8,10,12,14-16H2,1-6H3,(H2,32,42)(H,36,46)(H,37,41)(H,38,43)(H,39,45)(H,40,44)(H4,33,34,35)/t19-,20-,21-,22-,25-/m0/s1. The SMILES string of the molecule is CC[C@H](C)[C@H](NC(=O)[C@H](CC(C)C)NC(=O)c1ccco1)C(=O)NCC(=O)N[C@@H](CCCN=C(N)N)C(=O)N[C@@H](CC(C)C)C(N)=O. The Bertz CT molecular complexity index is 1210. The highest BCUT2D eigenvalue weighted by atomic mass is 16.3. The highest BCUT2D eigenvalue weighted by Gasteiger charge is 2.31. The van der Waals surface area contributed by atoms with Crippen LogP contribution in [0.25, 0.3) is 0 Å². The molecule has 0 aliphatic rings. The predicted molar refractivity (Wildman–Crippen MR) is 176 cm³/mol. The number of furan rings is 1. The zero-order valence-corrected chi connectivity index (χ0v) is 28.3. The van der Waals surface area contributed by atoms with Gasteiger partial charge in [0.05, 0.1) is 12.8 Å². The van der Waals surface area contributed by atoms with Crippen LogP contribution in [0, 0.1) is 17.8 Å². The van der Waals surface area contributed by atoms with Crippen molar-refractivity contribution in [3.05, 3.63) is 24.2 Å². The molecule has 1 heterocycles. The van der Waals surface area contributed by atoms with Crippen molar-refractivity contribution in [2.75, 3.05) is 13.1 Å². The second-order valence-electron chi connectivity index (χ2n) is 12.4. The maximum absolute atomic E-state index is 13.3. The molecule has 0 aliphatic carbocycles. The normalized spacial score (nSPS) is 14.2. The van der Waals surface area contributed by atoms with Gasteiger partial charge in [-0.05, 0) is 55.6 Å². The zero-order chi connectivity index (χ0) is 35.7. The van der Waals surface area contributed by atoms with Crippen LogP contribution in [0.5, 0.6) is 0 Å². The number of rotatable bonds is 21. The Morgan fingerprint density at radius 3 is 1.96 bits per heavy atom. The van der Waals surface area contributed by atoms with Crippen molar-refractivity contribution in [1.29, 1.82) is 0 Å². The fourth-order valence-corrected chi connectivity index (χ4v) is 4.58. The summed E-state index contributed by atoms with van der Waals surface area (Å²) in [5, 5.41) is 13.1. The van der Waals surface area contributed by atoms with Crippen LogP contribution in [0.4, 0.5) is 0 Å². The van der Waals surface area contributed by atoms with E-state index in [1.807, 2.05) is 34.6 Å². The lowest BCUT2D eigenvalue weighted by molar-refractivity contribution is -0.133. The van der Waals surface area contributed by atoms with E-state index < -0.39 is 66.2 Å². The first kappa shape index (κ1) is 40.4. The van der Waals surface area contributed by atoms with Crippen molar-refractivity contribution >= 4 is 41.4 Å². The van der Waals surface area contributed by atoms with Crippen molar-refractivity contribution in [3.63, 3.8) is 0 Å². The molecule has 1 aromatic heterocycles. The van der Waals surface area contributed by atoms with Gasteiger partial charge in [0.2, 0.25) is 29.5 Å². The number of aliphatic imine (C=N–C) groups is 1. The van der Waals surface area contributed by atoms with Crippen LogP contribution in [-0.2, 0) is 24.0 Å². The molecule has 16 heteroatoms. The first-order valence-electron chi connectivity index (χ1n) is 15.9. The summed E-state index contributed by atoms with van der Waals surface area (Å²) in [4.78, 5) is 81.1. The van der Waals surface area contributed by atoms with Gasteiger partial charge in [-0.3, -0.25) is 33.8 Å². The molecule has 0 fully saturated rings. The summed E-state index contributed by atoms with van der Waals surface area (Å²) in [5.74, 6) is -4.09. The van der Waals surface area contributed by atoms with E-state index >= 15 is 0 Å². The fourth-order valence-electron chi connectivity index (χ4n) is 4.58. The van der Waals surface area contributed by atoms with Crippen LogP contribution >= 0.6 is 0 Å². The van der Waals surface area contributed by atoms with E-state index in [0.29, 0.717) is 25.7 Å². The summed E-state index contributed by atoms with van der Waals surface area (Å²) in [7, 11) is 0. The van der Waals surface area contributed by atoms with E-state index in [9.17, 15) is 28.8 Å². The van der Waals surface area contributed by atoms with Gasteiger partial charge in [-0.25, -0.2) is 0 Å². The average molecular weight is 664 g/mol. The van der Waals surface area contributed by atoms with Crippen LogP contribution in [0.2, 0.25) is 0 Å². The molecule has 0 saturated carbocycles. The van der Waals surface area contributed by atoms with Gasteiger partial charge in [-0.15, -0.1) is 0 Å². The number of hydrogen-bond donors (Lipinski definition) is 8. The number of hydrogen-bond acceptors (Lipinski definition) is 8. The third kappa shape index (κ3) is 15.5. The lowest BCUT2D eigenvalue weighted by Gasteiger charge is -2.27. The maximum Gasteiger partial charge on any atom is 0.287 e. The molecule has 0 bridgehead atoms. The molecule has 1 aromatic rings. The maximum atomic E-state index is 13.3. The molecule has 0 aromatic carbocycles. The molecule has 47 heavy (non-hydrogen) atoms. The number of nitrogens with one attached hydrogen (secondary N) is 5. The smallest absolute Gasteiger partial charge is 0.287 e. The summed E-state index contributed by atoms with van der Waals surface area (Å²) >= 11 is 0. The highest BCUT2D eigenvalue weighted by molar-refractivity contribution is 5.97. The Labute approximate surface area is 276 Å². The molecule has 0 radical (unpaired) electrons. The minimum atomic E-state index is -1.08. The van der Waals surface area contributed by atoms with Gasteiger partial charge in [-0.2, -0.15) is 0 Å². The second kappa shape index (κ2) is 20.5. The molecular formula is C31H53N9O7. The van der Waals surface area contributed by atoms with Gasteiger partial charge in [0.1, 0.15) is 24.2 Å². The Hall–Kier alpha value is -4.63. The molecule has 0 unspecified atom stereocenters. The Morgan fingerprint density at radius 2 is 1.43 bits per heavy atom. The van der Waals surface area contributed by atoms with Crippen molar-refractivity contribution in [2.24, 2.45) is 39.9 Å². The van der Waals surface area contributed by atoms with Gasteiger partial charge < -0.3 is 48.2 Å². The number of amides is 6. The van der Waals surface area contributed by atoms with Gasteiger partial charge >= 0.3 is 0 Å². The van der Waals surface area contributed by atoms with E-state index in [1.54, 1.807) is 13.0 Å². The lowest BCUT2D eigenvalue weighted by Crippen LogP contribution is -2.57. The molecule has 264 valence electrons. The number of carbonyl (C=O) groups excluding carboxylic acids is 6. The van der Waals surface area contributed by atoms with Crippen LogP contribution < -0.4 is 43.8 Å². The highest BCUT2D eigenvalue weighted by Crippen LogP contribution is 2.12. The first-order chi connectivity index (χ1) is 22.0. The quantitative estimate of drug-likeness (QED) is 0.0483. The third-order valence-corrected chi connectivity index (χ3v) is 7.25. The third-order valence-electron chi connectivity index (χ3n) is 7.25. The summed E-state index contributed by atoms with van der Waals surface area (Å²) in [6, 6.07) is -0.974. The Balaban J connectivity index is 2.98. The number of guanidine groups is 1. The molecule has 0 saturated heterocycles. The molecule has 5 atom stereocenters. The zero-order valence-electron chi connectivity index (χ0n) is 28.3. The van der Waals surface area contributed by atoms with Crippen LogP contribution in [0.15, 0.2) is 27.8 Å². The van der Waals surface area contributed by atoms with Gasteiger partial charge in [0.15, 0.2) is 11.7 Å². The number of primary amides is 1. The number of nitrogens with zero attached hydrogens (tertiary/aromatic N) is 1. The molecule has 11 N–H and O–H groups in total. The Morgan fingerprint density at radius 1 is 0.809 bits per heavy atom. The summed E-state index contributed by atoms with van der Waals surface area (Å²) in [5.41, 5.74) is 16.2. The average Bonchev–Trinajstić information content (AvgIpc) is 3.53. The summed E-state index contributed by atoms with van der Waals surface area (Å²) in [6.45, 7) is 10.8. The van der Waals surface area contributed by atoms with E-state index in [0.717, 1.165) is 0 Å². The minimum Gasteiger partial charge on any atom is -0.459 e. The second-order valence-corrected chi connectivity index (χ2v) is 12.4. The van der Waals surface area contributed by atoms with Crippen LogP contribution in [0.1, 0.15) is 84.2 Å². The summed E-state index contributed by atoms with van der Waals surface area (Å²) < 4.78 is 5.13. The Kier molecular flexibility index (Phi) is 17.6. The van der Waals surface area contributed by atoms with Crippen LogP contribution in [-0.4, -0.2) is 78.7 Å². The number of nitrogens with two attached hydrogens (primary N) is 3. The molecule has 0 aliphatic heterocycles. The van der Waals surface area contributed by atoms with Gasteiger partial charge in [0, 0.05) is 6.54 Å². The van der Waals surface area contributed by atoms with Crippen molar-refractivity contribution in [2.45, 2.75) is 97.8 Å². The van der Waals surface area contributed by atoms with E-state index in [-0.39, 0.29) is 42.4 Å².